The molecule has 6 nitrogen and oxygen atoms in total. The number of ether oxygens (including phenoxy) is 1. The average Bonchev–Trinajstić information content (AvgIpc) is 3.11. The van der Waals surface area contributed by atoms with Gasteiger partial charge in [-0.1, -0.05) is 18.2 Å². The highest BCUT2D eigenvalue weighted by Gasteiger charge is 2.22. The van der Waals surface area contributed by atoms with Gasteiger partial charge in [0.2, 0.25) is 0 Å². The Morgan fingerprint density at radius 2 is 1.83 bits per heavy atom. The summed E-state index contributed by atoms with van der Waals surface area (Å²) in [7, 11) is 0. The van der Waals surface area contributed by atoms with Gasteiger partial charge in [-0.2, -0.15) is 4.68 Å². The van der Waals surface area contributed by atoms with Crippen molar-refractivity contribution in [2.75, 3.05) is 31.1 Å². The summed E-state index contributed by atoms with van der Waals surface area (Å²) >= 11 is 5.35. The Hall–Kier alpha value is -2.71. The van der Waals surface area contributed by atoms with Crippen molar-refractivity contribution in [3.8, 4) is 5.75 Å². The number of hydrogen-bond donors (Lipinski definition) is 1. The van der Waals surface area contributed by atoms with Gasteiger partial charge < -0.3 is 19.0 Å². The molecule has 1 aromatic heterocycles. The van der Waals surface area contributed by atoms with E-state index in [1.54, 1.807) is 16.8 Å². The highest BCUT2D eigenvalue weighted by Crippen LogP contribution is 2.21. The van der Waals surface area contributed by atoms with Crippen LogP contribution in [0.1, 0.15) is 18.9 Å². The monoisotopic (exact) mass is 415 g/mol. The third-order valence-corrected chi connectivity index (χ3v) is 5.36. The van der Waals surface area contributed by atoms with Gasteiger partial charge in [-0.15, -0.1) is 5.10 Å². The van der Waals surface area contributed by atoms with Gasteiger partial charge in [0.1, 0.15) is 11.6 Å². The summed E-state index contributed by atoms with van der Waals surface area (Å²) in [6.07, 6.45) is -0.423. The molecule has 1 aliphatic heterocycles. The molecule has 8 heteroatoms. The molecule has 0 aliphatic carbocycles. The number of benzene rings is 2. The summed E-state index contributed by atoms with van der Waals surface area (Å²) in [5.41, 5.74) is 1.26. The van der Waals surface area contributed by atoms with E-state index in [1.807, 2.05) is 13.0 Å². The third-order valence-electron chi connectivity index (χ3n) is 5.06. The molecule has 0 saturated carbocycles. The zero-order valence-corrected chi connectivity index (χ0v) is 17.1. The molecule has 2 aromatic carbocycles. The first-order valence-electron chi connectivity index (χ1n) is 9.72. The van der Waals surface area contributed by atoms with Gasteiger partial charge in [0.25, 0.3) is 10.7 Å². The van der Waals surface area contributed by atoms with Gasteiger partial charge in [0.05, 0.1) is 26.2 Å². The van der Waals surface area contributed by atoms with Crippen LogP contribution in [0.15, 0.2) is 59.0 Å². The van der Waals surface area contributed by atoms with E-state index in [1.165, 1.54) is 22.7 Å². The summed E-state index contributed by atoms with van der Waals surface area (Å²) in [5, 5.41) is 4.51. The number of piperazine rings is 1. The van der Waals surface area contributed by atoms with Crippen molar-refractivity contribution in [3.63, 3.8) is 0 Å². The molecule has 0 bridgehead atoms. The van der Waals surface area contributed by atoms with Gasteiger partial charge in [-0.05, 0) is 55.5 Å². The number of para-hydroxylation sites is 1. The van der Waals surface area contributed by atoms with E-state index in [4.69, 9.17) is 21.4 Å². The largest absolute Gasteiger partial charge is 0.481 e. The Morgan fingerprint density at radius 3 is 2.52 bits per heavy atom. The molecule has 1 N–H and O–H groups in total. The van der Waals surface area contributed by atoms with Crippen LogP contribution in [0, 0.1) is 10.7 Å². The van der Waals surface area contributed by atoms with Gasteiger partial charge >= 0.3 is 0 Å². The molecule has 1 atom stereocenters. The van der Waals surface area contributed by atoms with E-state index in [-0.39, 0.29) is 5.82 Å². The van der Waals surface area contributed by atoms with Crippen molar-refractivity contribution in [2.45, 2.75) is 19.7 Å². The Balaban J connectivity index is 1.35. The Kier molecular flexibility index (Phi) is 5.92. The zero-order chi connectivity index (χ0) is 20.2. The smallest absolute Gasteiger partial charge is 0.292 e. The lowest BCUT2D eigenvalue weighted by atomic mass is 10.2. The maximum Gasteiger partial charge on any atom is 0.292 e. The molecule has 2 heterocycles. The molecule has 3 aromatic rings. The van der Waals surface area contributed by atoms with Crippen LogP contribution in [0.5, 0.6) is 5.75 Å². The number of halogens is 1. The van der Waals surface area contributed by atoms with Crippen LogP contribution in [0.4, 0.5) is 10.1 Å². The zero-order valence-electron chi connectivity index (χ0n) is 16.3. The minimum atomic E-state index is -0.423. The summed E-state index contributed by atoms with van der Waals surface area (Å²) < 4.78 is 26.2. The van der Waals surface area contributed by atoms with E-state index in [0.717, 1.165) is 26.2 Å². The molecule has 0 amide bonds. The fourth-order valence-electron chi connectivity index (χ4n) is 3.44. The quantitative estimate of drug-likeness (QED) is 0.628. The molecule has 0 unspecified atom stereocenters. The molecule has 1 fully saturated rings. The Morgan fingerprint density at radius 1 is 1.14 bits per heavy atom. The second-order valence-corrected chi connectivity index (χ2v) is 7.50. The van der Waals surface area contributed by atoms with E-state index in [9.17, 15) is 4.39 Å². The predicted octanol–water partition coefficient (Wildman–Crippen LogP) is 2.85. The molecule has 29 heavy (non-hydrogen) atoms. The van der Waals surface area contributed by atoms with Crippen LogP contribution in [-0.4, -0.2) is 36.0 Å². The minimum absolute atomic E-state index is 0.304. The van der Waals surface area contributed by atoms with Gasteiger partial charge in [-0.3, -0.25) is 0 Å². The highest BCUT2D eigenvalue weighted by atomic mass is 32.1. The number of anilines is 1. The van der Waals surface area contributed by atoms with Gasteiger partial charge in [0.15, 0.2) is 12.8 Å². The van der Waals surface area contributed by atoms with Crippen molar-refractivity contribution in [2.24, 2.45) is 0 Å². The fourth-order valence-corrected chi connectivity index (χ4v) is 3.63. The fraction of sp³-hybridized carbons (Fsp3) is 0.333. The predicted molar refractivity (Wildman–Crippen MR) is 110 cm³/mol. The van der Waals surface area contributed by atoms with Gasteiger partial charge in [-0.25, -0.2) is 4.39 Å². The van der Waals surface area contributed by atoms with Crippen molar-refractivity contribution in [3.05, 3.63) is 71.1 Å². The summed E-state index contributed by atoms with van der Waals surface area (Å²) in [6.45, 7) is 6.47. The number of hydrogen-bond acceptors (Lipinski definition) is 5. The van der Waals surface area contributed by atoms with Crippen LogP contribution in [-0.2, 0) is 6.67 Å². The van der Waals surface area contributed by atoms with Crippen molar-refractivity contribution in [1.29, 1.82) is 0 Å². The van der Waals surface area contributed by atoms with Crippen LogP contribution in [0.2, 0.25) is 0 Å². The minimum Gasteiger partial charge on any atom is -0.481 e. The van der Waals surface area contributed by atoms with Crippen LogP contribution in [0.25, 0.3) is 0 Å². The number of rotatable bonds is 6. The molecule has 1 aliphatic rings. The second-order valence-electron chi connectivity index (χ2n) is 7.15. The number of aromatic nitrogens is 2. The lowest BCUT2D eigenvalue weighted by Crippen LogP contribution is -3.14. The molecule has 152 valence electrons. The lowest BCUT2D eigenvalue weighted by Gasteiger charge is -2.33. The van der Waals surface area contributed by atoms with E-state index in [2.05, 4.69) is 34.3 Å². The highest BCUT2D eigenvalue weighted by molar-refractivity contribution is 7.71. The first kappa shape index (κ1) is 19.6. The normalized spacial score (nSPS) is 16.0. The first-order valence-corrected chi connectivity index (χ1v) is 10.1. The lowest BCUT2D eigenvalue weighted by molar-refractivity contribution is -0.924. The van der Waals surface area contributed by atoms with Crippen molar-refractivity contribution in [1.82, 2.24) is 9.78 Å². The Labute approximate surface area is 174 Å². The van der Waals surface area contributed by atoms with Crippen molar-refractivity contribution >= 4 is 17.9 Å². The standard InChI is InChI=1S/C21H23FN4O2S/c1-16(27-19-9-7-17(22)8-10-19)20-23-26(21(29)28-20)15-24-11-13-25(14-12-24)18-5-3-2-4-6-18/h2-10,16H,11-15H2,1H3/p+1/t16-/m1/s1. The molecule has 4 rings (SSSR count). The summed E-state index contributed by atoms with van der Waals surface area (Å²) in [5.74, 6) is 0.668. The molecule has 0 radical (unpaired) electrons. The SMILES string of the molecule is C[C@@H](Oc1ccc(F)cc1)c1nn(C[NH+]2CCN(c3ccccc3)CC2)c(=S)o1. The topological polar surface area (TPSA) is 47.9 Å². The Bertz CT molecular complexity index is 982. The first-order chi connectivity index (χ1) is 14.1. The van der Waals surface area contributed by atoms with Crippen LogP contribution >= 0.6 is 12.2 Å². The average molecular weight is 416 g/mol. The number of nitrogens with one attached hydrogen (secondary N) is 1. The van der Waals surface area contributed by atoms with E-state index in [0.29, 0.717) is 23.1 Å². The summed E-state index contributed by atoms with van der Waals surface area (Å²) in [4.78, 5) is 4.14. The number of nitrogens with zero attached hydrogens (tertiary/aromatic N) is 3. The van der Waals surface area contributed by atoms with Crippen LogP contribution in [0.3, 0.4) is 0 Å². The summed E-state index contributed by atoms with van der Waals surface area (Å²) in [6, 6.07) is 16.3. The van der Waals surface area contributed by atoms with Crippen LogP contribution < -0.4 is 14.5 Å². The van der Waals surface area contributed by atoms with Gasteiger partial charge in [0, 0.05) is 5.69 Å². The van der Waals surface area contributed by atoms with E-state index >= 15 is 0 Å². The second kappa shape index (κ2) is 8.75. The number of quaternary nitrogens is 1. The van der Waals surface area contributed by atoms with Crippen molar-refractivity contribution < 1.29 is 18.4 Å². The molecular formula is C21H24FN4O2S+. The third kappa shape index (κ3) is 4.83. The maximum absolute atomic E-state index is 13.0. The molecule has 0 spiro atoms. The molecular weight excluding hydrogens is 391 g/mol. The maximum atomic E-state index is 13.0. The molecule has 1 saturated heterocycles. The van der Waals surface area contributed by atoms with E-state index < -0.39 is 6.10 Å².